The summed E-state index contributed by atoms with van der Waals surface area (Å²) < 4.78 is 24.7. The summed E-state index contributed by atoms with van der Waals surface area (Å²) in [5.41, 5.74) is 6.59. The molecule has 2 atom stereocenters. The summed E-state index contributed by atoms with van der Waals surface area (Å²) in [6.45, 7) is 2.74. The van der Waals surface area contributed by atoms with Gasteiger partial charge in [-0.1, -0.05) is 35.5 Å². The Labute approximate surface area is 215 Å². The molecule has 6 nitrogen and oxygen atoms in total. The molecule has 1 fully saturated rings. The van der Waals surface area contributed by atoms with Gasteiger partial charge in [-0.25, -0.2) is 4.39 Å². The van der Waals surface area contributed by atoms with Gasteiger partial charge >= 0.3 is 5.97 Å². The van der Waals surface area contributed by atoms with E-state index in [9.17, 15) is 14.3 Å². The van der Waals surface area contributed by atoms with Crippen molar-refractivity contribution in [3.63, 3.8) is 0 Å². The minimum Gasteiger partial charge on any atom is -0.497 e. The summed E-state index contributed by atoms with van der Waals surface area (Å²) in [6.07, 6.45) is 3.10. The van der Waals surface area contributed by atoms with E-state index < -0.39 is 5.97 Å². The Morgan fingerprint density at radius 1 is 1.14 bits per heavy atom. The van der Waals surface area contributed by atoms with Crippen LogP contribution in [0.25, 0.3) is 11.1 Å². The van der Waals surface area contributed by atoms with Crippen LogP contribution in [0, 0.1) is 12.7 Å². The van der Waals surface area contributed by atoms with E-state index in [2.05, 4.69) is 34.3 Å². The molecule has 0 bridgehead atoms. The summed E-state index contributed by atoms with van der Waals surface area (Å²) in [7, 11) is 1.57. The van der Waals surface area contributed by atoms with Crippen molar-refractivity contribution in [2.24, 2.45) is 0 Å². The van der Waals surface area contributed by atoms with Crippen molar-refractivity contribution >= 4 is 11.7 Å². The molecule has 5 rings (SSSR count). The highest BCUT2D eigenvalue weighted by Gasteiger charge is 2.35. The van der Waals surface area contributed by atoms with Gasteiger partial charge in [0.1, 0.15) is 17.8 Å². The molecule has 0 radical (unpaired) electrons. The zero-order chi connectivity index (χ0) is 25.9. The molecule has 190 valence electrons. The average Bonchev–Trinajstić information content (AvgIpc) is 3.56. The van der Waals surface area contributed by atoms with Crippen LogP contribution in [-0.4, -0.2) is 35.9 Å². The van der Waals surface area contributed by atoms with Gasteiger partial charge in [0, 0.05) is 35.8 Å². The molecule has 1 saturated heterocycles. The van der Waals surface area contributed by atoms with Crippen molar-refractivity contribution in [2.75, 3.05) is 18.6 Å². The summed E-state index contributed by atoms with van der Waals surface area (Å²) in [5, 5.41) is 13.5. The third-order valence-corrected chi connectivity index (χ3v) is 7.19. The molecule has 7 heteroatoms. The van der Waals surface area contributed by atoms with Gasteiger partial charge in [-0.2, -0.15) is 0 Å². The van der Waals surface area contributed by atoms with Crippen molar-refractivity contribution in [3.05, 3.63) is 101 Å². The molecule has 0 saturated carbocycles. The Balaban J connectivity index is 1.32. The SMILES string of the molecule is COc1ccc(F)c(-c2ccc(Cc3ccc(N4CC(c5ccon5)C[C@H]4CC(=O)O)cc3)c(C)c2)c1. The van der Waals surface area contributed by atoms with Crippen LogP contribution < -0.4 is 9.64 Å². The molecule has 4 aromatic rings. The first-order chi connectivity index (χ1) is 17.9. The third-order valence-electron chi connectivity index (χ3n) is 7.19. The topological polar surface area (TPSA) is 75.8 Å². The molecule has 1 aliphatic heterocycles. The normalized spacial score (nSPS) is 17.2. The maximum absolute atomic E-state index is 14.4. The van der Waals surface area contributed by atoms with Gasteiger partial charge in [0.25, 0.3) is 0 Å². The molecule has 0 spiro atoms. The maximum atomic E-state index is 14.4. The van der Waals surface area contributed by atoms with E-state index in [1.54, 1.807) is 25.5 Å². The van der Waals surface area contributed by atoms with Crippen LogP contribution in [0.3, 0.4) is 0 Å². The highest BCUT2D eigenvalue weighted by atomic mass is 19.1. The molecule has 1 aliphatic rings. The predicted molar refractivity (Wildman–Crippen MR) is 140 cm³/mol. The smallest absolute Gasteiger partial charge is 0.305 e. The molecule has 1 unspecified atom stereocenters. The third kappa shape index (κ3) is 5.35. The minimum absolute atomic E-state index is 0.0789. The highest BCUT2D eigenvalue weighted by molar-refractivity contribution is 5.69. The molecular formula is C30H29FN2O4. The number of aryl methyl sites for hydroxylation is 1. The lowest BCUT2D eigenvalue weighted by molar-refractivity contribution is -0.137. The van der Waals surface area contributed by atoms with E-state index in [1.807, 2.05) is 31.2 Å². The summed E-state index contributed by atoms with van der Waals surface area (Å²) in [4.78, 5) is 13.7. The van der Waals surface area contributed by atoms with E-state index in [-0.39, 0.29) is 24.2 Å². The number of methoxy groups -OCH3 is 1. The first kappa shape index (κ1) is 24.6. The molecule has 3 aromatic carbocycles. The van der Waals surface area contributed by atoms with Gasteiger partial charge in [-0.3, -0.25) is 4.79 Å². The number of carbonyl (C=O) groups is 1. The average molecular weight is 501 g/mol. The number of halogens is 1. The van der Waals surface area contributed by atoms with Crippen LogP contribution in [0.15, 0.2) is 77.5 Å². The van der Waals surface area contributed by atoms with E-state index in [0.29, 0.717) is 17.9 Å². The number of hydrogen-bond acceptors (Lipinski definition) is 5. The Morgan fingerprint density at radius 2 is 1.95 bits per heavy atom. The van der Waals surface area contributed by atoms with Gasteiger partial charge in [-0.05, 0) is 72.4 Å². The second kappa shape index (κ2) is 10.5. The van der Waals surface area contributed by atoms with Crippen molar-refractivity contribution in [3.8, 4) is 16.9 Å². The number of aromatic nitrogens is 1. The van der Waals surface area contributed by atoms with Crippen LogP contribution in [0.5, 0.6) is 5.75 Å². The number of hydrogen-bond donors (Lipinski definition) is 1. The van der Waals surface area contributed by atoms with Crippen LogP contribution in [0.2, 0.25) is 0 Å². The van der Waals surface area contributed by atoms with Crippen molar-refractivity contribution in [2.45, 2.75) is 38.1 Å². The lowest BCUT2D eigenvalue weighted by atomic mass is 9.95. The van der Waals surface area contributed by atoms with Gasteiger partial charge in [0.2, 0.25) is 0 Å². The molecule has 0 aliphatic carbocycles. The monoisotopic (exact) mass is 500 g/mol. The van der Waals surface area contributed by atoms with Crippen LogP contribution in [0.4, 0.5) is 10.1 Å². The first-order valence-corrected chi connectivity index (χ1v) is 12.3. The fourth-order valence-electron chi connectivity index (χ4n) is 5.21. The lowest BCUT2D eigenvalue weighted by Crippen LogP contribution is -2.31. The Hall–Kier alpha value is -4.13. The van der Waals surface area contributed by atoms with E-state index in [0.717, 1.165) is 46.5 Å². The molecule has 0 amide bonds. The molecular weight excluding hydrogens is 471 g/mol. The van der Waals surface area contributed by atoms with Crippen LogP contribution in [-0.2, 0) is 11.2 Å². The number of anilines is 1. The molecule has 1 N–H and O–H groups in total. The fraction of sp³-hybridized carbons (Fsp3) is 0.267. The highest BCUT2D eigenvalue weighted by Crippen LogP contribution is 2.36. The summed E-state index contributed by atoms with van der Waals surface area (Å²) >= 11 is 0. The quantitative estimate of drug-likeness (QED) is 0.309. The molecule has 37 heavy (non-hydrogen) atoms. The number of benzene rings is 3. The Kier molecular flexibility index (Phi) is 6.95. The standard InChI is InChI=1S/C30H29FN2O4/c1-19-13-22(27-17-26(36-2)9-10-28(27)31)6-5-21(19)14-20-3-7-24(8-4-20)33-18-23(29-11-12-37-32-29)15-25(33)16-30(34)35/h3-13,17,23,25H,14-16,18H2,1-2H3,(H,34,35)/t23?,25-/m0/s1. The summed E-state index contributed by atoms with van der Waals surface area (Å²) in [6, 6.07) is 20.8. The second-order valence-electron chi connectivity index (χ2n) is 9.59. The zero-order valence-corrected chi connectivity index (χ0v) is 20.9. The number of ether oxygens (including phenoxy) is 1. The Morgan fingerprint density at radius 3 is 2.62 bits per heavy atom. The van der Waals surface area contributed by atoms with Gasteiger partial charge in [0.15, 0.2) is 0 Å². The minimum atomic E-state index is -0.805. The predicted octanol–water partition coefficient (Wildman–Crippen LogP) is 6.23. The summed E-state index contributed by atoms with van der Waals surface area (Å²) in [5.74, 6) is -0.329. The van der Waals surface area contributed by atoms with E-state index in [1.165, 1.54) is 6.07 Å². The van der Waals surface area contributed by atoms with E-state index in [4.69, 9.17) is 9.26 Å². The molecule has 1 aromatic heterocycles. The fourth-order valence-corrected chi connectivity index (χ4v) is 5.21. The number of carboxylic acids is 1. The van der Waals surface area contributed by atoms with Gasteiger partial charge in [-0.15, -0.1) is 0 Å². The van der Waals surface area contributed by atoms with Gasteiger partial charge < -0.3 is 19.3 Å². The van der Waals surface area contributed by atoms with Crippen molar-refractivity contribution in [1.82, 2.24) is 5.16 Å². The number of nitrogens with zero attached hydrogens (tertiary/aromatic N) is 2. The maximum Gasteiger partial charge on any atom is 0.305 e. The first-order valence-electron chi connectivity index (χ1n) is 12.3. The van der Waals surface area contributed by atoms with E-state index >= 15 is 0 Å². The Bertz CT molecular complexity index is 1390. The van der Waals surface area contributed by atoms with Crippen molar-refractivity contribution < 1.29 is 23.6 Å². The number of carboxylic acid groups (broad SMARTS) is 1. The number of aliphatic carboxylic acids is 1. The largest absolute Gasteiger partial charge is 0.497 e. The number of rotatable bonds is 8. The lowest BCUT2D eigenvalue weighted by Gasteiger charge is -2.26. The second-order valence-corrected chi connectivity index (χ2v) is 9.59. The van der Waals surface area contributed by atoms with Crippen LogP contribution in [0.1, 0.15) is 41.1 Å². The molecule has 2 heterocycles. The van der Waals surface area contributed by atoms with Crippen LogP contribution >= 0.6 is 0 Å². The van der Waals surface area contributed by atoms with Gasteiger partial charge in [0.05, 0.1) is 19.2 Å². The zero-order valence-electron chi connectivity index (χ0n) is 20.9. The van der Waals surface area contributed by atoms with Crippen molar-refractivity contribution in [1.29, 1.82) is 0 Å².